The second-order valence-corrected chi connectivity index (χ2v) is 6.81. The molecule has 1 aliphatic carbocycles. The van der Waals surface area contributed by atoms with Crippen LogP contribution in [-0.2, 0) is 0 Å². The zero-order valence-electron chi connectivity index (χ0n) is 15.4. The van der Waals surface area contributed by atoms with E-state index in [9.17, 15) is 18.4 Å². The molecular formula is C18H21F2N7O2. The van der Waals surface area contributed by atoms with Gasteiger partial charge in [-0.1, -0.05) is 0 Å². The molecule has 1 aromatic carbocycles. The number of nitrogens with two attached hydrogens (primary N) is 3. The van der Waals surface area contributed by atoms with Crippen LogP contribution in [0.4, 0.5) is 26.1 Å². The van der Waals surface area contributed by atoms with E-state index in [4.69, 9.17) is 17.2 Å². The monoisotopic (exact) mass is 405 g/mol. The van der Waals surface area contributed by atoms with Crippen molar-refractivity contribution in [2.45, 2.75) is 37.3 Å². The molecular weight excluding hydrogens is 384 g/mol. The summed E-state index contributed by atoms with van der Waals surface area (Å²) in [6.45, 7) is 0. The Kier molecular flexibility index (Phi) is 5.59. The summed E-state index contributed by atoms with van der Waals surface area (Å²) in [6, 6.07) is 4.04. The van der Waals surface area contributed by atoms with Crippen LogP contribution in [-0.4, -0.2) is 39.8 Å². The van der Waals surface area contributed by atoms with E-state index >= 15 is 0 Å². The Labute approximate surface area is 165 Å². The van der Waals surface area contributed by atoms with Gasteiger partial charge in [0.1, 0.15) is 5.82 Å². The fraction of sp³-hybridized carbons (Fsp3) is 0.333. The highest BCUT2D eigenvalue weighted by Gasteiger charge is 2.44. The number of primary amides is 2. The Morgan fingerprint density at radius 2 is 1.83 bits per heavy atom. The average Bonchev–Trinajstić information content (AvgIpc) is 2.66. The van der Waals surface area contributed by atoms with E-state index in [1.807, 2.05) is 0 Å². The third-order valence-corrected chi connectivity index (χ3v) is 4.72. The first-order valence-electron chi connectivity index (χ1n) is 8.91. The van der Waals surface area contributed by atoms with E-state index in [2.05, 4.69) is 20.6 Å². The molecule has 29 heavy (non-hydrogen) atoms. The van der Waals surface area contributed by atoms with Crippen molar-refractivity contribution in [2.75, 3.05) is 10.6 Å². The van der Waals surface area contributed by atoms with E-state index in [1.54, 1.807) is 12.1 Å². The highest BCUT2D eigenvalue weighted by molar-refractivity contribution is 5.96. The van der Waals surface area contributed by atoms with Gasteiger partial charge in [0.05, 0.1) is 12.2 Å². The fourth-order valence-corrected chi connectivity index (χ4v) is 3.13. The van der Waals surface area contributed by atoms with Gasteiger partial charge in [-0.15, -0.1) is 0 Å². The number of rotatable bonds is 6. The van der Waals surface area contributed by atoms with Gasteiger partial charge < -0.3 is 27.8 Å². The molecule has 0 spiro atoms. The molecule has 0 unspecified atom stereocenters. The predicted octanol–water partition coefficient (Wildman–Crippen LogP) is 1.35. The van der Waals surface area contributed by atoms with Gasteiger partial charge in [0.25, 0.3) is 11.8 Å². The largest absolute Gasteiger partial charge is 0.366 e. The average molecular weight is 405 g/mol. The number of amides is 2. The summed E-state index contributed by atoms with van der Waals surface area (Å²) < 4.78 is 27.7. The number of nitrogens with one attached hydrogen (secondary N) is 2. The van der Waals surface area contributed by atoms with Crippen LogP contribution in [0.5, 0.6) is 0 Å². The van der Waals surface area contributed by atoms with Crippen molar-refractivity contribution in [3.05, 3.63) is 41.7 Å². The zero-order chi connectivity index (χ0) is 21.2. The van der Waals surface area contributed by atoms with Crippen LogP contribution in [0.2, 0.25) is 0 Å². The number of alkyl halides is 2. The minimum atomic E-state index is -2.97. The summed E-state index contributed by atoms with van der Waals surface area (Å²) in [5, 5.41) is 5.75. The number of aromatic nitrogens is 2. The second kappa shape index (κ2) is 7.95. The quantitative estimate of drug-likeness (QED) is 0.484. The summed E-state index contributed by atoms with van der Waals surface area (Å²) in [6.07, 6.45) is 1.75. The molecule has 1 aromatic heterocycles. The highest BCUT2D eigenvalue weighted by Crippen LogP contribution is 2.33. The number of anilines is 3. The molecule has 2 atom stereocenters. The molecule has 1 aliphatic rings. The Morgan fingerprint density at radius 3 is 2.45 bits per heavy atom. The van der Waals surface area contributed by atoms with Crippen LogP contribution in [0.15, 0.2) is 30.5 Å². The van der Waals surface area contributed by atoms with E-state index < -0.39 is 29.8 Å². The third-order valence-electron chi connectivity index (χ3n) is 4.72. The molecule has 1 heterocycles. The summed E-state index contributed by atoms with van der Waals surface area (Å²) in [5.74, 6) is -4.17. The maximum Gasteiger partial charge on any atom is 0.271 e. The Balaban J connectivity index is 1.84. The van der Waals surface area contributed by atoms with Crippen LogP contribution in [0.1, 0.15) is 40.1 Å². The number of hydrogen-bond acceptors (Lipinski definition) is 7. The van der Waals surface area contributed by atoms with Gasteiger partial charge in [-0.05, 0) is 37.1 Å². The summed E-state index contributed by atoms with van der Waals surface area (Å²) in [7, 11) is 0. The molecule has 2 aromatic rings. The molecule has 0 aliphatic heterocycles. The molecule has 2 amide bonds. The molecule has 0 radical (unpaired) electrons. The van der Waals surface area contributed by atoms with Crippen LogP contribution in [0, 0.1) is 0 Å². The fourth-order valence-electron chi connectivity index (χ4n) is 3.13. The number of benzene rings is 1. The first-order valence-corrected chi connectivity index (χ1v) is 8.91. The minimum Gasteiger partial charge on any atom is -0.366 e. The lowest BCUT2D eigenvalue weighted by Gasteiger charge is -2.36. The Morgan fingerprint density at radius 1 is 1.14 bits per heavy atom. The normalized spacial score (nSPS) is 20.7. The topological polar surface area (TPSA) is 162 Å². The Hall–Kier alpha value is -3.34. The molecule has 9 nitrogen and oxygen atoms in total. The number of carbonyl (C=O) groups excluding carboxylic acids is 2. The molecule has 154 valence electrons. The van der Waals surface area contributed by atoms with Crippen molar-refractivity contribution in [1.29, 1.82) is 0 Å². The van der Waals surface area contributed by atoms with Gasteiger partial charge in [-0.2, -0.15) is 0 Å². The van der Waals surface area contributed by atoms with Crippen molar-refractivity contribution in [3.63, 3.8) is 0 Å². The first-order chi connectivity index (χ1) is 13.7. The summed E-state index contributed by atoms with van der Waals surface area (Å²) in [5.41, 5.74) is 16.9. The Bertz CT molecular complexity index is 921. The maximum atomic E-state index is 13.9. The standard InChI is InChI=1S/C18H21F2N7O2/c19-18(20)7-1-2-11(14(18)21)26-12-8-24-13(16(23)29)17(27-12)25-10-5-3-9(4-6-10)15(22)28/h3-6,8,11,14H,1-2,7,21H2,(H2,22,28)(H2,23,29)(H2,25,26,27)/t11-,14-/m1/s1. The van der Waals surface area contributed by atoms with Crippen molar-refractivity contribution >= 4 is 29.1 Å². The van der Waals surface area contributed by atoms with E-state index in [0.29, 0.717) is 24.1 Å². The van der Waals surface area contributed by atoms with Crippen LogP contribution >= 0.6 is 0 Å². The van der Waals surface area contributed by atoms with Gasteiger partial charge in [-0.25, -0.2) is 18.7 Å². The third kappa shape index (κ3) is 4.57. The SMILES string of the molecule is NC(=O)c1ccc(Nc2nc(N[C@@H]3CCCC(F)(F)[C@@H]3N)cnc2C(N)=O)cc1. The molecule has 8 N–H and O–H groups in total. The lowest BCUT2D eigenvalue weighted by Crippen LogP contribution is -2.55. The van der Waals surface area contributed by atoms with Gasteiger partial charge in [-0.3, -0.25) is 9.59 Å². The minimum absolute atomic E-state index is 0.0328. The number of nitrogens with zero attached hydrogens (tertiary/aromatic N) is 2. The number of carbonyl (C=O) groups is 2. The first kappa shape index (κ1) is 20.4. The zero-order valence-corrected chi connectivity index (χ0v) is 15.4. The predicted molar refractivity (Wildman–Crippen MR) is 103 cm³/mol. The van der Waals surface area contributed by atoms with Gasteiger partial charge in [0.2, 0.25) is 5.91 Å². The van der Waals surface area contributed by atoms with Crippen molar-refractivity contribution in [3.8, 4) is 0 Å². The molecule has 0 bridgehead atoms. The van der Waals surface area contributed by atoms with Crippen LogP contribution in [0.3, 0.4) is 0 Å². The van der Waals surface area contributed by atoms with Crippen molar-refractivity contribution in [1.82, 2.24) is 9.97 Å². The summed E-state index contributed by atoms with van der Waals surface area (Å²) in [4.78, 5) is 31.1. The van der Waals surface area contributed by atoms with E-state index in [1.165, 1.54) is 18.3 Å². The number of hydrogen-bond donors (Lipinski definition) is 5. The lowest BCUT2D eigenvalue weighted by molar-refractivity contribution is -0.0554. The summed E-state index contributed by atoms with van der Waals surface area (Å²) >= 11 is 0. The van der Waals surface area contributed by atoms with Gasteiger partial charge in [0.15, 0.2) is 11.5 Å². The molecule has 11 heteroatoms. The van der Waals surface area contributed by atoms with Crippen LogP contribution < -0.4 is 27.8 Å². The molecule has 1 saturated carbocycles. The lowest BCUT2D eigenvalue weighted by atomic mass is 9.87. The van der Waals surface area contributed by atoms with Crippen molar-refractivity contribution < 1.29 is 18.4 Å². The van der Waals surface area contributed by atoms with Crippen LogP contribution in [0.25, 0.3) is 0 Å². The smallest absolute Gasteiger partial charge is 0.271 e. The van der Waals surface area contributed by atoms with Gasteiger partial charge in [0, 0.05) is 23.7 Å². The van der Waals surface area contributed by atoms with Gasteiger partial charge >= 0.3 is 0 Å². The maximum absolute atomic E-state index is 13.9. The van der Waals surface area contributed by atoms with E-state index in [0.717, 1.165) is 0 Å². The molecule has 3 rings (SSSR count). The second-order valence-electron chi connectivity index (χ2n) is 6.81. The van der Waals surface area contributed by atoms with E-state index in [-0.39, 0.29) is 23.8 Å². The molecule has 0 saturated heterocycles. The molecule has 1 fully saturated rings. The highest BCUT2D eigenvalue weighted by atomic mass is 19.3. The van der Waals surface area contributed by atoms with Crippen molar-refractivity contribution in [2.24, 2.45) is 17.2 Å². The number of halogens is 2.